The number of pyridine rings is 1. The molecule has 1 N–H and O–H groups in total. The third-order valence-electron chi connectivity index (χ3n) is 10.2. The largest absolute Gasteiger partial charge is 0.485 e. The van der Waals surface area contributed by atoms with Gasteiger partial charge in [0, 0.05) is 68.7 Å². The number of anilines is 1. The van der Waals surface area contributed by atoms with Gasteiger partial charge in [-0.05, 0) is 93.5 Å². The first-order valence-electron chi connectivity index (χ1n) is 18.8. The van der Waals surface area contributed by atoms with E-state index in [0.717, 1.165) is 53.9 Å². The number of rotatable bonds is 11. The molecule has 3 fully saturated rings. The Morgan fingerprint density at radius 2 is 1.69 bits per heavy atom. The summed E-state index contributed by atoms with van der Waals surface area (Å²) in [5.41, 5.74) is 3.00. The highest BCUT2D eigenvalue weighted by atomic mass is 35.5. The average molecular weight is 799 g/mol. The molecule has 54 heavy (non-hydrogen) atoms. The first-order valence-corrected chi connectivity index (χ1v) is 20.0. The first-order chi connectivity index (χ1) is 25.7. The lowest BCUT2D eigenvalue weighted by molar-refractivity contribution is -0.139. The van der Waals surface area contributed by atoms with E-state index in [1.165, 1.54) is 0 Å². The van der Waals surface area contributed by atoms with Gasteiger partial charge in [-0.1, -0.05) is 59.9 Å². The van der Waals surface area contributed by atoms with Gasteiger partial charge in [0.15, 0.2) is 5.75 Å². The second-order valence-corrected chi connectivity index (χ2v) is 16.9. The second kappa shape index (κ2) is 17.0. The fraction of sp³-hybridized carbons (Fsp3) is 0.512. The van der Waals surface area contributed by atoms with Gasteiger partial charge in [0.05, 0.1) is 22.5 Å². The Balaban J connectivity index is 1.20. The molecule has 1 aliphatic carbocycles. The number of likely N-dealkylation sites (tertiary alicyclic amines) is 1. The highest BCUT2D eigenvalue weighted by Crippen LogP contribution is 2.40. The molecule has 3 heterocycles. The molecule has 13 heteroatoms. The Kier molecular flexibility index (Phi) is 12.5. The van der Waals surface area contributed by atoms with Gasteiger partial charge in [-0.2, -0.15) is 0 Å². The minimum Gasteiger partial charge on any atom is -0.485 e. The van der Waals surface area contributed by atoms with Crippen molar-refractivity contribution in [2.45, 2.75) is 103 Å². The number of aryl methyl sites for hydroxylation is 1. The monoisotopic (exact) mass is 797 g/mol. The second-order valence-electron chi connectivity index (χ2n) is 15.7. The topological polar surface area (TPSA) is 104 Å². The van der Waals surface area contributed by atoms with Gasteiger partial charge in [0.2, 0.25) is 11.8 Å². The SMILES string of the molecule is CCC(=O)NCc1ccc(Cl)c(CN(C(=O)C2CN(C(=O)OC(C)(C)C)CCC2c2ccc(N3CC[C@@H](Oc4c(Cl)cc(C)cc4Cl)C3)nc2)C2CC2)c1. The van der Waals surface area contributed by atoms with Crippen molar-refractivity contribution >= 4 is 58.5 Å². The summed E-state index contributed by atoms with van der Waals surface area (Å²) in [5.74, 6) is 0.597. The molecule has 0 spiro atoms. The molecule has 3 atom stereocenters. The zero-order chi connectivity index (χ0) is 38.7. The van der Waals surface area contributed by atoms with E-state index < -0.39 is 17.6 Å². The summed E-state index contributed by atoms with van der Waals surface area (Å²) < 4.78 is 12.0. The van der Waals surface area contributed by atoms with Crippen LogP contribution in [0.5, 0.6) is 5.75 Å². The molecule has 3 aromatic rings. The van der Waals surface area contributed by atoms with E-state index in [1.54, 1.807) is 4.90 Å². The van der Waals surface area contributed by atoms with Crippen LogP contribution in [0.4, 0.5) is 10.6 Å². The normalized spacial score (nSPS) is 20.1. The highest BCUT2D eigenvalue weighted by Gasteiger charge is 2.43. The van der Waals surface area contributed by atoms with E-state index in [1.807, 2.05) is 82.1 Å². The zero-order valence-corrected chi connectivity index (χ0v) is 33.9. The van der Waals surface area contributed by atoms with Crippen LogP contribution in [0.1, 0.15) is 88.0 Å². The number of amides is 3. The van der Waals surface area contributed by atoms with Crippen LogP contribution in [0.2, 0.25) is 15.1 Å². The van der Waals surface area contributed by atoms with Gasteiger partial charge < -0.3 is 29.5 Å². The lowest BCUT2D eigenvalue weighted by atomic mass is 9.80. The molecule has 0 bridgehead atoms. The van der Waals surface area contributed by atoms with Crippen molar-refractivity contribution in [2.24, 2.45) is 5.92 Å². The summed E-state index contributed by atoms with van der Waals surface area (Å²) in [7, 11) is 0. The number of nitrogens with zero attached hydrogens (tertiary/aromatic N) is 4. The Labute approximate surface area is 333 Å². The molecular weight excluding hydrogens is 749 g/mol. The third kappa shape index (κ3) is 9.92. The van der Waals surface area contributed by atoms with Crippen LogP contribution in [0.3, 0.4) is 0 Å². The summed E-state index contributed by atoms with van der Waals surface area (Å²) in [6, 6.07) is 13.5. The van der Waals surface area contributed by atoms with E-state index in [4.69, 9.17) is 49.3 Å². The predicted molar refractivity (Wildman–Crippen MR) is 212 cm³/mol. The van der Waals surface area contributed by atoms with Gasteiger partial charge in [0.1, 0.15) is 17.5 Å². The minimum absolute atomic E-state index is 0.0199. The number of piperidine rings is 1. The van der Waals surface area contributed by atoms with Gasteiger partial charge in [-0.25, -0.2) is 9.78 Å². The van der Waals surface area contributed by atoms with Crippen LogP contribution in [0.25, 0.3) is 0 Å². The van der Waals surface area contributed by atoms with Crippen molar-refractivity contribution in [1.29, 1.82) is 0 Å². The Hall–Kier alpha value is -3.73. The molecule has 0 radical (unpaired) electrons. The number of carbonyl (C=O) groups is 3. The maximum absolute atomic E-state index is 14.8. The molecule has 1 saturated carbocycles. The van der Waals surface area contributed by atoms with Crippen molar-refractivity contribution in [2.75, 3.05) is 31.1 Å². The molecule has 3 amide bonds. The van der Waals surface area contributed by atoms with Crippen molar-refractivity contribution < 1.29 is 23.9 Å². The van der Waals surface area contributed by atoms with Gasteiger partial charge in [0.25, 0.3) is 0 Å². The third-order valence-corrected chi connectivity index (χ3v) is 11.1. The number of hydrogen-bond acceptors (Lipinski definition) is 7. The van der Waals surface area contributed by atoms with Crippen LogP contribution in [-0.2, 0) is 27.4 Å². The number of benzene rings is 2. The summed E-state index contributed by atoms with van der Waals surface area (Å²) in [6.07, 6.45) is 4.94. The van der Waals surface area contributed by atoms with Crippen molar-refractivity contribution in [1.82, 2.24) is 20.1 Å². The standard InChI is InChI=1S/C41H50Cl3N5O5/c1-6-37(50)46-20-26-7-11-33(42)28(19-26)22-49(29-9-10-29)39(51)32-24-48(40(52)54-41(3,4)5)16-14-31(32)27-8-12-36(45-21-27)47-15-13-30(23-47)53-38-34(43)17-25(2)18-35(38)44/h7-8,11-12,17-19,21,29-32H,6,9-10,13-16,20,22-24H2,1-5H3,(H,46,50)/t30-,31?,32?/m1/s1. The molecule has 2 aliphatic heterocycles. The maximum atomic E-state index is 14.8. The average Bonchev–Trinajstić information content (AvgIpc) is 3.87. The molecule has 290 valence electrons. The van der Waals surface area contributed by atoms with E-state index in [9.17, 15) is 14.4 Å². The number of hydrogen-bond donors (Lipinski definition) is 1. The smallest absolute Gasteiger partial charge is 0.410 e. The number of carbonyl (C=O) groups excluding carboxylic acids is 3. The van der Waals surface area contributed by atoms with Crippen molar-refractivity contribution in [3.8, 4) is 5.75 Å². The molecule has 10 nitrogen and oxygen atoms in total. The zero-order valence-electron chi connectivity index (χ0n) is 31.7. The number of aromatic nitrogens is 1. The summed E-state index contributed by atoms with van der Waals surface area (Å²) in [6.45, 7) is 12.1. The number of ether oxygens (including phenoxy) is 2. The van der Waals surface area contributed by atoms with Crippen molar-refractivity contribution in [3.05, 3.63) is 86.0 Å². The molecular formula is C41H50Cl3N5O5. The molecule has 2 saturated heterocycles. The maximum Gasteiger partial charge on any atom is 0.410 e. The Bertz CT molecular complexity index is 1820. The van der Waals surface area contributed by atoms with Gasteiger partial charge in [-0.3, -0.25) is 9.59 Å². The molecule has 1 aromatic heterocycles. The summed E-state index contributed by atoms with van der Waals surface area (Å²) in [4.78, 5) is 50.7. The predicted octanol–water partition coefficient (Wildman–Crippen LogP) is 8.57. The fourth-order valence-electron chi connectivity index (χ4n) is 7.25. The van der Waals surface area contributed by atoms with E-state index in [-0.39, 0.29) is 36.4 Å². The number of halogens is 3. The van der Waals surface area contributed by atoms with Gasteiger partial charge >= 0.3 is 6.09 Å². The van der Waals surface area contributed by atoms with Crippen molar-refractivity contribution in [3.63, 3.8) is 0 Å². The van der Waals surface area contributed by atoms with Crippen LogP contribution in [-0.4, -0.2) is 76.6 Å². The molecule has 2 unspecified atom stereocenters. The van der Waals surface area contributed by atoms with E-state index in [2.05, 4.69) is 16.3 Å². The van der Waals surface area contributed by atoms with Crippen LogP contribution in [0.15, 0.2) is 48.7 Å². The lowest BCUT2D eigenvalue weighted by Crippen LogP contribution is -2.51. The summed E-state index contributed by atoms with van der Waals surface area (Å²) in [5, 5.41) is 4.47. The Morgan fingerprint density at radius 3 is 2.33 bits per heavy atom. The van der Waals surface area contributed by atoms with Gasteiger partial charge in [-0.15, -0.1) is 0 Å². The van der Waals surface area contributed by atoms with Crippen LogP contribution >= 0.6 is 34.8 Å². The molecule has 2 aromatic carbocycles. The fourth-order valence-corrected chi connectivity index (χ4v) is 8.11. The van der Waals surface area contributed by atoms with Crippen LogP contribution in [0, 0.1) is 12.8 Å². The Morgan fingerprint density at radius 1 is 0.944 bits per heavy atom. The molecule has 6 rings (SSSR count). The van der Waals surface area contributed by atoms with E-state index >= 15 is 0 Å². The van der Waals surface area contributed by atoms with E-state index in [0.29, 0.717) is 59.8 Å². The quantitative estimate of drug-likeness (QED) is 0.207. The summed E-state index contributed by atoms with van der Waals surface area (Å²) >= 11 is 19.6. The van der Waals surface area contributed by atoms with Crippen LogP contribution < -0.4 is 15.0 Å². The number of nitrogens with one attached hydrogen (secondary N) is 1. The highest BCUT2D eigenvalue weighted by molar-refractivity contribution is 6.37. The first kappa shape index (κ1) is 39.9. The lowest BCUT2D eigenvalue weighted by Gasteiger charge is -2.40. The molecule has 3 aliphatic rings. The minimum atomic E-state index is -0.663.